The topological polar surface area (TPSA) is 114 Å². The number of benzene rings is 3. The van der Waals surface area contributed by atoms with Gasteiger partial charge in [0.05, 0.1) is 28.1 Å². The van der Waals surface area contributed by atoms with Gasteiger partial charge in [0.2, 0.25) is 0 Å². The monoisotopic (exact) mass is 541 g/mol. The molecule has 0 bridgehead atoms. The summed E-state index contributed by atoms with van der Waals surface area (Å²) in [6.07, 6.45) is 1.84. The Bertz CT molecular complexity index is 1440. The maximum absolute atomic E-state index is 13.1. The summed E-state index contributed by atoms with van der Waals surface area (Å²) in [6, 6.07) is 15.9. The van der Waals surface area contributed by atoms with Crippen LogP contribution in [0.3, 0.4) is 0 Å². The van der Waals surface area contributed by atoms with E-state index in [1.807, 2.05) is 13.0 Å². The van der Waals surface area contributed by atoms with Crippen LogP contribution in [0, 0.1) is 13.8 Å². The number of hydrogen-bond donors (Lipinski definition) is 3. The summed E-state index contributed by atoms with van der Waals surface area (Å²) < 4.78 is 34.3. The molecule has 0 spiro atoms. The van der Waals surface area contributed by atoms with Crippen LogP contribution in [0.5, 0.6) is 0 Å². The number of para-hydroxylation sites is 1. The number of hydrogen-bond acceptors (Lipinski definition) is 5. The van der Waals surface area contributed by atoms with Crippen molar-refractivity contribution in [2.24, 2.45) is 0 Å². The van der Waals surface area contributed by atoms with E-state index in [9.17, 15) is 18.0 Å². The lowest BCUT2D eigenvalue weighted by molar-refractivity contribution is 0.0858. The molecule has 1 fully saturated rings. The van der Waals surface area contributed by atoms with Gasteiger partial charge in [-0.25, -0.2) is 8.42 Å². The van der Waals surface area contributed by atoms with E-state index in [1.54, 1.807) is 43.3 Å². The molecule has 0 aromatic heterocycles. The fourth-order valence-electron chi connectivity index (χ4n) is 4.07. The minimum atomic E-state index is -4.08. The van der Waals surface area contributed by atoms with E-state index in [4.69, 9.17) is 16.3 Å². The predicted molar refractivity (Wildman–Crippen MR) is 144 cm³/mol. The van der Waals surface area contributed by atoms with E-state index < -0.39 is 15.9 Å². The molecular formula is C27H28ClN3O5S. The van der Waals surface area contributed by atoms with Gasteiger partial charge in [0.25, 0.3) is 21.8 Å². The highest BCUT2D eigenvalue weighted by molar-refractivity contribution is 7.92. The average molecular weight is 542 g/mol. The Morgan fingerprint density at radius 3 is 2.51 bits per heavy atom. The summed E-state index contributed by atoms with van der Waals surface area (Å²) in [5, 5.41) is 5.53. The molecule has 1 atom stereocenters. The van der Waals surface area contributed by atoms with Gasteiger partial charge in [0, 0.05) is 18.7 Å². The van der Waals surface area contributed by atoms with Crippen LogP contribution in [0.25, 0.3) is 0 Å². The molecule has 0 unspecified atom stereocenters. The van der Waals surface area contributed by atoms with E-state index in [0.29, 0.717) is 24.5 Å². The molecule has 3 aromatic rings. The van der Waals surface area contributed by atoms with Crippen LogP contribution in [0.4, 0.5) is 11.4 Å². The van der Waals surface area contributed by atoms with Gasteiger partial charge in [0.15, 0.2) is 0 Å². The lowest BCUT2D eigenvalue weighted by Crippen LogP contribution is -2.32. The third kappa shape index (κ3) is 6.49. The largest absolute Gasteiger partial charge is 0.376 e. The van der Waals surface area contributed by atoms with Gasteiger partial charge in [-0.2, -0.15) is 0 Å². The van der Waals surface area contributed by atoms with E-state index in [0.717, 1.165) is 24.0 Å². The van der Waals surface area contributed by atoms with Gasteiger partial charge in [-0.3, -0.25) is 14.3 Å². The van der Waals surface area contributed by atoms with Gasteiger partial charge >= 0.3 is 0 Å². The third-order valence-corrected chi connectivity index (χ3v) is 7.89. The van der Waals surface area contributed by atoms with Crippen LogP contribution in [-0.2, 0) is 14.8 Å². The molecule has 1 saturated heterocycles. The maximum atomic E-state index is 13.1. The fraction of sp³-hybridized carbons (Fsp3) is 0.259. The number of ether oxygens (including phenoxy) is 1. The lowest BCUT2D eigenvalue weighted by atomic mass is 10.1. The van der Waals surface area contributed by atoms with Gasteiger partial charge < -0.3 is 15.4 Å². The van der Waals surface area contributed by atoms with Crippen molar-refractivity contribution in [1.29, 1.82) is 0 Å². The molecule has 10 heteroatoms. The van der Waals surface area contributed by atoms with E-state index in [1.165, 1.54) is 18.2 Å². The maximum Gasteiger partial charge on any atom is 0.263 e. The predicted octanol–water partition coefficient (Wildman–Crippen LogP) is 4.92. The number of carbonyl (C=O) groups excluding carboxylic acids is 2. The van der Waals surface area contributed by atoms with Crippen LogP contribution in [0.15, 0.2) is 65.6 Å². The first-order chi connectivity index (χ1) is 17.6. The van der Waals surface area contributed by atoms with Crippen molar-refractivity contribution in [3.8, 4) is 0 Å². The van der Waals surface area contributed by atoms with Crippen molar-refractivity contribution in [2.75, 3.05) is 23.2 Å². The number of halogens is 1. The van der Waals surface area contributed by atoms with Crippen molar-refractivity contribution < 1.29 is 22.7 Å². The second-order valence-electron chi connectivity index (χ2n) is 8.91. The molecule has 8 nitrogen and oxygen atoms in total. The van der Waals surface area contributed by atoms with Gasteiger partial charge in [-0.1, -0.05) is 41.4 Å². The van der Waals surface area contributed by atoms with E-state index in [-0.39, 0.29) is 33.1 Å². The number of anilines is 2. The molecule has 1 aliphatic heterocycles. The van der Waals surface area contributed by atoms with Crippen molar-refractivity contribution in [2.45, 2.75) is 37.7 Å². The van der Waals surface area contributed by atoms with Crippen LogP contribution >= 0.6 is 11.6 Å². The summed E-state index contributed by atoms with van der Waals surface area (Å²) >= 11 is 6.22. The molecule has 3 N–H and O–H groups in total. The number of carbonyl (C=O) groups is 2. The molecule has 4 rings (SSSR count). The van der Waals surface area contributed by atoms with Crippen LogP contribution in [0.1, 0.15) is 44.7 Å². The number of sulfonamides is 1. The smallest absolute Gasteiger partial charge is 0.263 e. The highest BCUT2D eigenvalue weighted by Crippen LogP contribution is 2.27. The second kappa shape index (κ2) is 11.3. The molecule has 1 aliphatic rings. The molecular weight excluding hydrogens is 514 g/mol. The Balaban J connectivity index is 1.53. The molecule has 1 heterocycles. The minimum absolute atomic E-state index is 0.0163. The normalized spacial score (nSPS) is 15.3. The Kier molecular flexibility index (Phi) is 8.16. The van der Waals surface area contributed by atoms with E-state index >= 15 is 0 Å². The van der Waals surface area contributed by atoms with Crippen LogP contribution < -0.4 is 15.4 Å². The highest BCUT2D eigenvalue weighted by atomic mass is 35.5. The quantitative estimate of drug-likeness (QED) is 0.374. The van der Waals surface area contributed by atoms with Crippen molar-refractivity contribution in [3.05, 3.63) is 87.9 Å². The molecule has 0 radical (unpaired) electrons. The van der Waals surface area contributed by atoms with Crippen LogP contribution in [0.2, 0.25) is 5.02 Å². The van der Waals surface area contributed by atoms with Gasteiger partial charge in [0.1, 0.15) is 4.90 Å². The first-order valence-corrected chi connectivity index (χ1v) is 13.7. The SMILES string of the molecule is Cc1ccc(NS(=O)(=O)c2cc(C(=O)Nc3ccccc3C(=O)NC[C@H]3CCCO3)ccc2Cl)c(C)c1. The Labute approximate surface area is 221 Å². The minimum Gasteiger partial charge on any atom is -0.376 e. The number of amides is 2. The number of nitrogens with one attached hydrogen (secondary N) is 3. The second-order valence-corrected chi connectivity index (χ2v) is 11.0. The summed E-state index contributed by atoms with van der Waals surface area (Å²) in [5.74, 6) is -0.928. The molecule has 0 aliphatic carbocycles. The summed E-state index contributed by atoms with van der Waals surface area (Å²) in [6.45, 7) is 4.78. The first-order valence-electron chi connectivity index (χ1n) is 11.8. The zero-order valence-electron chi connectivity index (χ0n) is 20.5. The standard InChI is InChI=1S/C27H28ClN3O5S/c1-17-9-12-23(18(2)14-17)31-37(34,35)25-15-19(10-11-22(25)28)26(32)30-24-8-4-3-7-21(24)27(33)29-16-20-6-5-13-36-20/h3-4,7-12,14-15,20,31H,5-6,13,16H2,1-2H3,(H,29,33)(H,30,32)/t20-/m1/s1. The van der Waals surface area contributed by atoms with Crippen LogP contribution in [-0.4, -0.2) is 39.5 Å². The highest BCUT2D eigenvalue weighted by Gasteiger charge is 2.23. The summed E-state index contributed by atoms with van der Waals surface area (Å²) in [7, 11) is -4.08. The van der Waals surface area contributed by atoms with Crippen molar-refractivity contribution >= 4 is 44.8 Å². The molecule has 0 saturated carbocycles. The van der Waals surface area contributed by atoms with Gasteiger partial charge in [-0.05, 0) is 68.7 Å². The Hall–Kier alpha value is -3.40. The zero-order chi connectivity index (χ0) is 26.6. The Morgan fingerprint density at radius 1 is 1.00 bits per heavy atom. The third-order valence-electron chi connectivity index (χ3n) is 6.04. The number of aryl methyl sites for hydroxylation is 2. The average Bonchev–Trinajstić information content (AvgIpc) is 3.38. The molecule has 2 amide bonds. The van der Waals surface area contributed by atoms with Crippen molar-refractivity contribution in [1.82, 2.24) is 5.32 Å². The summed E-state index contributed by atoms with van der Waals surface area (Å²) in [5.41, 5.74) is 2.82. The van der Waals surface area contributed by atoms with Crippen molar-refractivity contribution in [3.63, 3.8) is 0 Å². The van der Waals surface area contributed by atoms with E-state index in [2.05, 4.69) is 15.4 Å². The number of rotatable bonds is 8. The first kappa shape index (κ1) is 26.7. The Morgan fingerprint density at radius 2 is 1.78 bits per heavy atom. The molecule has 194 valence electrons. The molecule has 3 aromatic carbocycles. The summed E-state index contributed by atoms with van der Waals surface area (Å²) in [4.78, 5) is 25.6. The van der Waals surface area contributed by atoms with Gasteiger partial charge in [-0.15, -0.1) is 0 Å². The fourth-order valence-corrected chi connectivity index (χ4v) is 5.73. The lowest BCUT2D eigenvalue weighted by Gasteiger charge is -2.15. The molecule has 37 heavy (non-hydrogen) atoms. The zero-order valence-corrected chi connectivity index (χ0v) is 22.1.